The number of morpholine rings is 1. The van der Waals surface area contributed by atoms with Crippen LogP contribution in [0.25, 0.3) is 0 Å². The Labute approximate surface area is 163 Å². The minimum Gasteiger partial charge on any atom is -0.486 e. The maximum Gasteiger partial charge on any atom is 0.191 e. The summed E-state index contributed by atoms with van der Waals surface area (Å²) in [6.45, 7) is 10.0. The van der Waals surface area contributed by atoms with Crippen LogP contribution in [-0.2, 0) is 17.9 Å². The minimum absolute atomic E-state index is 0.395. The van der Waals surface area contributed by atoms with E-state index in [1.807, 2.05) is 25.1 Å². The number of halogens is 1. The quantitative estimate of drug-likeness (QED) is 0.638. The molecule has 0 radical (unpaired) electrons. The summed E-state index contributed by atoms with van der Waals surface area (Å²) < 4.78 is 13.4. The molecule has 2 heterocycles. The highest BCUT2D eigenvalue weighted by atomic mass is 35.5. The summed E-state index contributed by atoms with van der Waals surface area (Å²) >= 11 is 7.80. The molecule has 8 heteroatoms. The Morgan fingerprint density at radius 1 is 1.27 bits per heavy atom. The predicted molar refractivity (Wildman–Crippen MR) is 104 cm³/mol. The number of thioether (sulfide) groups is 1. The summed E-state index contributed by atoms with van der Waals surface area (Å²) in [5.74, 6) is 2.63. The Kier molecular flexibility index (Phi) is 7.19. The second kappa shape index (κ2) is 9.60. The van der Waals surface area contributed by atoms with Crippen LogP contribution in [0, 0.1) is 6.92 Å². The minimum atomic E-state index is 0.395. The van der Waals surface area contributed by atoms with Crippen LogP contribution in [-0.4, -0.2) is 58.3 Å². The molecule has 1 fully saturated rings. The van der Waals surface area contributed by atoms with Crippen molar-refractivity contribution >= 4 is 23.4 Å². The molecule has 3 rings (SSSR count). The number of hydrogen-bond acceptors (Lipinski definition) is 6. The Hall–Kier alpha value is -1.28. The molecule has 0 spiro atoms. The van der Waals surface area contributed by atoms with E-state index >= 15 is 0 Å². The molecular weight excluding hydrogens is 372 g/mol. The molecule has 1 aromatic carbocycles. The molecule has 0 N–H and O–H groups in total. The van der Waals surface area contributed by atoms with Crippen molar-refractivity contribution < 1.29 is 9.47 Å². The summed E-state index contributed by atoms with van der Waals surface area (Å²) in [6, 6.07) is 5.66. The van der Waals surface area contributed by atoms with Gasteiger partial charge in [0, 0.05) is 37.0 Å². The Morgan fingerprint density at radius 3 is 2.81 bits per heavy atom. The summed E-state index contributed by atoms with van der Waals surface area (Å²) in [7, 11) is 0. The number of aryl methyl sites for hydroxylation is 1. The molecule has 0 amide bonds. The topological polar surface area (TPSA) is 52.4 Å². The van der Waals surface area contributed by atoms with Crippen molar-refractivity contribution in [2.24, 2.45) is 0 Å². The van der Waals surface area contributed by atoms with Crippen LogP contribution in [0.1, 0.15) is 18.3 Å². The molecule has 1 saturated heterocycles. The van der Waals surface area contributed by atoms with Crippen LogP contribution in [0.5, 0.6) is 5.75 Å². The Morgan fingerprint density at radius 2 is 2.08 bits per heavy atom. The monoisotopic (exact) mass is 396 g/mol. The molecule has 6 nitrogen and oxygen atoms in total. The van der Waals surface area contributed by atoms with Gasteiger partial charge in [0.25, 0.3) is 0 Å². The van der Waals surface area contributed by atoms with E-state index in [2.05, 4.69) is 26.6 Å². The van der Waals surface area contributed by atoms with Crippen molar-refractivity contribution in [3.63, 3.8) is 0 Å². The molecule has 1 aliphatic heterocycles. The fourth-order valence-electron chi connectivity index (χ4n) is 2.80. The van der Waals surface area contributed by atoms with Crippen molar-refractivity contribution in [2.75, 3.05) is 38.6 Å². The van der Waals surface area contributed by atoms with Crippen LogP contribution in [0.4, 0.5) is 0 Å². The van der Waals surface area contributed by atoms with E-state index in [9.17, 15) is 0 Å². The molecular formula is C18H25ClN4O2S. The zero-order chi connectivity index (χ0) is 18.4. The van der Waals surface area contributed by atoms with E-state index < -0.39 is 0 Å². The highest BCUT2D eigenvalue weighted by Gasteiger charge is 2.14. The average molecular weight is 397 g/mol. The molecule has 0 bridgehead atoms. The summed E-state index contributed by atoms with van der Waals surface area (Å²) in [5, 5.41) is 10.4. The number of rotatable bonds is 8. The van der Waals surface area contributed by atoms with Gasteiger partial charge in [0.05, 0.1) is 13.2 Å². The van der Waals surface area contributed by atoms with E-state index in [1.54, 1.807) is 11.8 Å². The van der Waals surface area contributed by atoms with Crippen molar-refractivity contribution in [2.45, 2.75) is 32.2 Å². The lowest BCUT2D eigenvalue weighted by Crippen LogP contribution is -2.37. The second-order valence-corrected chi connectivity index (χ2v) is 7.61. The summed E-state index contributed by atoms with van der Waals surface area (Å²) in [5.41, 5.74) is 1.00. The number of hydrogen-bond donors (Lipinski definition) is 0. The van der Waals surface area contributed by atoms with E-state index in [1.165, 1.54) is 0 Å². The van der Waals surface area contributed by atoms with Crippen LogP contribution in [0.2, 0.25) is 5.02 Å². The van der Waals surface area contributed by atoms with E-state index in [0.717, 1.165) is 72.5 Å². The largest absolute Gasteiger partial charge is 0.486 e. The van der Waals surface area contributed by atoms with Gasteiger partial charge in [-0.25, -0.2) is 0 Å². The molecule has 0 aliphatic carbocycles. The molecule has 142 valence electrons. The van der Waals surface area contributed by atoms with Gasteiger partial charge in [0.2, 0.25) is 0 Å². The molecule has 0 unspecified atom stereocenters. The first kappa shape index (κ1) is 19.5. The maximum absolute atomic E-state index is 6.06. The van der Waals surface area contributed by atoms with Gasteiger partial charge < -0.3 is 14.0 Å². The van der Waals surface area contributed by atoms with E-state index in [4.69, 9.17) is 21.1 Å². The van der Waals surface area contributed by atoms with Crippen LogP contribution in [0.15, 0.2) is 23.4 Å². The fraction of sp³-hybridized carbons (Fsp3) is 0.556. The van der Waals surface area contributed by atoms with Gasteiger partial charge in [-0.1, -0.05) is 23.4 Å². The summed E-state index contributed by atoms with van der Waals surface area (Å²) in [6.07, 6.45) is 0. The highest BCUT2D eigenvalue weighted by Crippen LogP contribution is 2.23. The number of nitrogens with zero attached hydrogens (tertiary/aromatic N) is 4. The number of ether oxygens (including phenoxy) is 2. The van der Waals surface area contributed by atoms with Gasteiger partial charge in [-0.15, -0.1) is 10.2 Å². The van der Waals surface area contributed by atoms with Crippen LogP contribution >= 0.6 is 23.4 Å². The van der Waals surface area contributed by atoms with Gasteiger partial charge in [0.1, 0.15) is 12.4 Å². The normalized spacial score (nSPS) is 15.3. The Balaban J connectivity index is 1.54. The van der Waals surface area contributed by atoms with Crippen molar-refractivity contribution in [1.29, 1.82) is 0 Å². The van der Waals surface area contributed by atoms with Crippen LogP contribution in [0.3, 0.4) is 0 Å². The molecule has 0 atom stereocenters. The average Bonchev–Trinajstić information content (AvgIpc) is 3.05. The standard InChI is InChI=1S/C18H25ClN4O2S/c1-3-23-17(13-25-15-4-5-16(19)14(2)12-15)20-21-18(23)26-11-8-22-6-9-24-10-7-22/h4-5,12H,3,6-11,13H2,1-2H3. The smallest absolute Gasteiger partial charge is 0.191 e. The third kappa shape index (κ3) is 5.13. The van der Waals surface area contributed by atoms with E-state index in [0.29, 0.717) is 6.61 Å². The van der Waals surface area contributed by atoms with Gasteiger partial charge in [-0.3, -0.25) is 4.90 Å². The fourth-order valence-corrected chi connectivity index (χ4v) is 3.93. The summed E-state index contributed by atoms with van der Waals surface area (Å²) in [4.78, 5) is 2.43. The molecule has 1 aromatic heterocycles. The van der Waals surface area contributed by atoms with Gasteiger partial charge in [0.15, 0.2) is 11.0 Å². The first-order valence-corrected chi connectivity index (χ1v) is 10.3. The van der Waals surface area contributed by atoms with Crippen molar-refractivity contribution in [3.05, 3.63) is 34.6 Å². The zero-order valence-electron chi connectivity index (χ0n) is 15.3. The molecule has 26 heavy (non-hydrogen) atoms. The molecule has 0 saturated carbocycles. The molecule has 2 aromatic rings. The lowest BCUT2D eigenvalue weighted by Gasteiger charge is -2.26. The SMILES string of the molecule is CCn1c(COc2ccc(Cl)c(C)c2)nnc1SCCN1CCOCC1. The van der Waals surface area contributed by atoms with Gasteiger partial charge in [-0.2, -0.15) is 0 Å². The van der Waals surface area contributed by atoms with Crippen molar-refractivity contribution in [3.8, 4) is 5.75 Å². The Bertz CT molecular complexity index is 719. The first-order chi connectivity index (χ1) is 12.7. The van der Waals surface area contributed by atoms with Crippen molar-refractivity contribution in [1.82, 2.24) is 19.7 Å². The second-order valence-electron chi connectivity index (χ2n) is 6.15. The highest BCUT2D eigenvalue weighted by molar-refractivity contribution is 7.99. The predicted octanol–water partition coefficient (Wildman–Crippen LogP) is 3.26. The van der Waals surface area contributed by atoms with Gasteiger partial charge in [-0.05, 0) is 37.6 Å². The van der Waals surface area contributed by atoms with Gasteiger partial charge >= 0.3 is 0 Å². The van der Waals surface area contributed by atoms with Crippen LogP contribution < -0.4 is 4.74 Å². The third-order valence-corrected chi connectivity index (χ3v) is 5.72. The third-order valence-electron chi connectivity index (χ3n) is 4.35. The maximum atomic E-state index is 6.06. The molecule has 1 aliphatic rings. The lowest BCUT2D eigenvalue weighted by molar-refractivity contribution is 0.0410. The lowest BCUT2D eigenvalue weighted by atomic mass is 10.2. The number of benzene rings is 1. The van der Waals surface area contributed by atoms with E-state index in [-0.39, 0.29) is 0 Å². The zero-order valence-corrected chi connectivity index (χ0v) is 16.9. The number of aromatic nitrogens is 3. The first-order valence-electron chi connectivity index (χ1n) is 8.91.